The van der Waals surface area contributed by atoms with Crippen molar-refractivity contribution in [2.75, 3.05) is 17.6 Å². The van der Waals surface area contributed by atoms with Crippen molar-refractivity contribution in [1.82, 2.24) is 4.57 Å². The second-order valence-corrected chi connectivity index (χ2v) is 9.37. The molecule has 0 aliphatic carbocycles. The molecule has 1 aliphatic rings. The smallest absolute Gasteiger partial charge is 0.256 e. The van der Waals surface area contributed by atoms with Crippen LogP contribution in [-0.4, -0.2) is 22.8 Å². The number of anilines is 1. The van der Waals surface area contributed by atoms with E-state index < -0.39 is 7.14 Å². The van der Waals surface area contributed by atoms with Gasteiger partial charge in [-0.1, -0.05) is 13.8 Å². The number of hydrogen-bond acceptors (Lipinski definition) is 2. The summed E-state index contributed by atoms with van der Waals surface area (Å²) < 4.78 is 14.9. The third-order valence-corrected chi connectivity index (χ3v) is 7.82. The Bertz CT molecular complexity index is 840. The number of hydrogen-bond donors (Lipinski definition) is 1. The maximum Gasteiger partial charge on any atom is 0.256 e. The van der Waals surface area contributed by atoms with E-state index in [-0.39, 0.29) is 5.91 Å². The number of aryl methyl sites for hydroxylation is 1. The number of nitrogens with one attached hydrogen (secondary N) is 1. The Morgan fingerprint density at radius 2 is 1.96 bits per heavy atom. The molecule has 120 valence electrons. The number of nitrogens with zero attached hydrogens (tertiary/aromatic N) is 1. The maximum atomic E-state index is 13.0. The van der Waals surface area contributed by atoms with E-state index in [1.54, 1.807) is 0 Å². The van der Waals surface area contributed by atoms with Crippen LogP contribution in [-0.2, 0) is 16.4 Å². The SMILES string of the molecule is CCP(=O)(CC)c1ccc2c(c1)/C(=C/c1cccn1C)C(=O)N2. The highest BCUT2D eigenvalue weighted by atomic mass is 31.2. The lowest BCUT2D eigenvalue weighted by Crippen LogP contribution is -2.09. The Kier molecular flexibility index (Phi) is 4.03. The summed E-state index contributed by atoms with van der Waals surface area (Å²) in [6, 6.07) is 9.59. The first-order valence-corrected chi connectivity index (χ1v) is 9.93. The van der Waals surface area contributed by atoms with E-state index in [0.717, 1.165) is 22.2 Å². The molecule has 0 fully saturated rings. The van der Waals surface area contributed by atoms with Gasteiger partial charge in [-0.05, 0) is 36.4 Å². The first-order valence-electron chi connectivity index (χ1n) is 7.86. The van der Waals surface area contributed by atoms with Gasteiger partial charge in [0.2, 0.25) is 0 Å². The van der Waals surface area contributed by atoms with E-state index in [0.29, 0.717) is 17.9 Å². The monoisotopic (exact) mass is 328 g/mol. The minimum Gasteiger partial charge on any atom is -0.351 e. The van der Waals surface area contributed by atoms with Gasteiger partial charge in [0.15, 0.2) is 0 Å². The lowest BCUT2D eigenvalue weighted by Gasteiger charge is -2.15. The number of rotatable bonds is 4. The Balaban J connectivity index is 2.12. The zero-order valence-electron chi connectivity index (χ0n) is 13.7. The van der Waals surface area contributed by atoms with Crippen LogP contribution < -0.4 is 10.6 Å². The second kappa shape index (κ2) is 5.86. The van der Waals surface area contributed by atoms with Gasteiger partial charge in [-0.15, -0.1) is 0 Å². The minimum atomic E-state index is -2.36. The molecule has 1 aromatic carbocycles. The summed E-state index contributed by atoms with van der Waals surface area (Å²) in [4.78, 5) is 12.3. The molecule has 2 heterocycles. The minimum absolute atomic E-state index is 0.110. The number of benzene rings is 1. The summed E-state index contributed by atoms with van der Waals surface area (Å²) in [5, 5.41) is 3.74. The van der Waals surface area contributed by atoms with Crippen LogP contribution >= 0.6 is 7.14 Å². The van der Waals surface area contributed by atoms with Gasteiger partial charge >= 0.3 is 0 Å². The number of carbonyl (C=O) groups is 1. The standard InChI is InChI=1S/C18H21N2O2P/c1-4-23(22,5-2)14-8-9-17-15(12-14)16(18(21)19-17)11-13-7-6-10-20(13)3/h6-12H,4-5H2,1-3H3,(H,19,21)/b16-11-. The van der Waals surface area contributed by atoms with Crippen molar-refractivity contribution >= 4 is 35.7 Å². The average molecular weight is 328 g/mol. The highest BCUT2D eigenvalue weighted by molar-refractivity contribution is 7.71. The maximum absolute atomic E-state index is 13.0. The largest absolute Gasteiger partial charge is 0.351 e. The molecular weight excluding hydrogens is 307 g/mol. The van der Waals surface area contributed by atoms with Gasteiger partial charge in [-0.2, -0.15) is 0 Å². The van der Waals surface area contributed by atoms with E-state index >= 15 is 0 Å². The molecule has 1 amide bonds. The number of aromatic nitrogens is 1. The summed E-state index contributed by atoms with van der Waals surface area (Å²) in [5.41, 5.74) is 3.22. The van der Waals surface area contributed by atoms with Crippen LogP contribution in [0.4, 0.5) is 5.69 Å². The molecule has 1 N–H and O–H groups in total. The average Bonchev–Trinajstić information content (AvgIpc) is 3.10. The number of fused-ring (bicyclic) bond motifs is 1. The topological polar surface area (TPSA) is 51.1 Å². The Hall–Kier alpha value is -2.06. The van der Waals surface area contributed by atoms with Crippen LogP contribution in [0, 0.1) is 0 Å². The lowest BCUT2D eigenvalue weighted by atomic mass is 10.1. The zero-order chi connectivity index (χ0) is 16.6. The van der Waals surface area contributed by atoms with E-state index in [1.165, 1.54) is 0 Å². The van der Waals surface area contributed by atoms with Gasteiger partial charge in [-0.25, -0.2) is 0 Å². The molecule has 1 aromatic heterocycles. The quantitative estimate of drug-likeness (QED) is 0.689. The molecule has 23 heavy (non-hydrogen) atoms. The van der Waals surface area contributed by atoms with E-state index in [1.807, 2.05) is 68.1 Å². The molecule has 5 heteroatoms. The molecule has 3 rings (SSSR count). The van der Waals surface area contributed by atoms with E-state index in [2.05, 4.69) is 5.32 Å². The summed E-state index contributed by atoms with van der Waals surface area (Å²) in [5.74, 6) is -0.110. The van der Waals surface area contributed by atoms with Crippen molar-refractivity contribution in [1.29, 1.82) is 0 Å². The number of carbonyl (C=O) groups excluding carboxylic acids is 1. The van der Waals surface area contributed by atoms with Gasteiger partial charge in [0.25, 0.3) is 5.91 Å². The van der Waals surface area contributed by atoms with Crippen LogP contribution in [0.25, 0.3) is 11.6 Å². The first-order chi connectivity index (χ1) is 11.0. The fraction of sp³-hybridized carbons (Fsp3) is 0.278. The normalized spacial score (nSPS) is 15.8. The third-order valence-electron chi connectivity index (χ3n) is 4.55. The molecule has 0 bridgehead atoms. The van der Waals surface area contributed by atoms with Crippen molar-refractivity contribution in [2.45, 2.75) is 13.8 Å². The number of amides is 1. The Morgan fingerprint density at radius 3 is 2.57 bits per heavy atom. The van der Waals surface area contributed by atoms with Crippen molar-refractivity contribution in [2.24, 2.45) is 7.05 Å². The summed E-state index contributed by atoms with van der Waals surface area (Å²) >= 11 is 0. The summed E-state index contributed by atoms with van der Waals surface area (Å²) in [6.45, 7) is 3.92. The molecule has 0 saturated carbocycles. The Labute approximate surface area is 136 Å². The zero-order valence-corrected chi connectivity index (χ0v) is 14.6. The Morgan fingerprint density at radius 1 is 1.22 bits per heavy atom. The lowest BCUT2D eigenvalue weighted by molar-refractivity contribution is -0.110. The van der Waals surface area contributed by atoms with Crippen LogP contribution in [0.5, 0.6) is 0 Å². The van der Waals surface area contributed by atoms with Gasteiger partial charge in [0.05, 0.1) is 5.57 Å². The first kappa shape index (κ1) is 15.8. The highest BCUT2D eigenvalue weighted by Gasteiger charge is 2.28. The molecule has 0 unspecified atom stereocenters. The fourth-order valence-corrected chi connectivity index (χ4v) is 4.82. The van der Waals surface area contributed by atoms with E-state index in [4.69, 9.17) is 0 Å². The summed E-state index contributed by atoms with van der Waals surface area (Å²) in [7, 11) is -0.420. The van der Waals surface area contributed by atoms with Gasteiger partial charge < -0.3 is 14.4 Å². The van der Waals surface area contributed by atoms with Gasteiger partial charge in [0, 0.05) is 47.8 Å². The molecule has 1 aliphatic heterocycles. The van der Waals surface area contributed by atoms with Crippen molar-refractivity contribution in [3.8, 4) is 0 Å². The van der Waals surface area contributed by atoms with Crippen molar-refractivity contribution in [3.05, 3.63) is 47.8 Å². The van der Waals surface area contributed by atoms with Gasteiger partial charge in [-0.3, -0.25) is 4.79 Å². The van der Waals surface area contributed by atoms with Crippen LogP contribution in [0.15, 0.2) is 36.5 Å². The van der Waals surface area contributed by atoms with Crippen LogP contribution in [0.2, 0.25) is 0 Å². The fourth-order valence-electron chi connectivity index (χ4n) is 2.93. The van der Waals surface area contributed by atoms with E-state index in [9.17, 15) is 9.36 Å². The molecular formula is C18H21N2O2P. The predicted molar refractivity (Wildman–Crippen MR) is 96.7 cm³/mol. The molecule has 0 spiro atoms. The molecule has 0 atom stereocenters. The molecule has 4 nitrogen and oxygen atoms in total. The molecule has 0 radical (unpaired) electrons. The van der Waals surface area contributed by atoms with Crippen LogP contribution in [0.1, 0.15) is 25.1 Å². The summed E-state index contributed by atoms with van der Waals surface area (Å²) in [6.07, 6.45) is 5.10. The van der Waals surface area contributed by atoms with Crippen LogP contribution in [0.3, 0.4) is 0 Å². The predicted octanol–water partition coefficient (Wildman–Crippen LogP) is 3.55. The molecule has 2 aromatic rings. The van der Waals surface area contributed by atoms with Crippen molar-refractivity contribution < 1.29 is 9.36 Å². The second-order valence-electron chi connectivity index (χ2n) is 5.81. The van der Waals surface area contributed by atoms with Gasteiger partial charge in [0.1, 0.15) is 7.14 Å². The third kappa shape index (κ3) is 2.68. The molecule has 0 saturated heterocycles. The van der Waals surface area contributed by atoms with Crippen molar-refractivity contribution in [3.63, 3.8) is 0 Å². The highest BCUT2D eigenvalue weighted by Crippen LogP contribution is 2.45.